The summed E-state index contributed by atoms with van der Waals surface area (Å²) in [5.41, 5.74) is 0.928. The summed E-state index contributed by atoms with van der Waals surface area (Å²) in [6.07, 6.45) is 0.163. The van der Waals surface area contributed by atoms with Crippen molar-refractivity contribution in [3.63, 3.8) is 0 Å². The summed E-state index contributed by atoms with van der Waals surface area (Å²) in [5.74, 6) is -0.0457. The van der Waals surface area contributed by atoms with Gasteiger partial charge in [-0.05, 0) is 37.0 Å². The summed E-state index contributed by atoms with van der Waals surface area (Å²) in [6, 6.07) is 7.41. The molecule has 0 aliphatic heterocycles. The number of halogens is 1. The van der Waals surface area contributed by atoms with Crippen LogP contribution in [0, 0.1) is 5.92 Å². The SMILES string of the molecule is CC(O)CCNC(=O)C(c1cccc(Cl)c1)C(C)C. The van der Waals surface area contributed by atoms with Gasteiger partial charge in [0.05, 0.1) is 12.0 Å². The molecule has 0 aromatic heterocycles. The molecule has 3 nitrogen and oxygen atoms in total. The number of carbonyl (C=O) groups excluding carboxylic acids is 1. The van der Waals surface area contributed by atoms with Gasteiger partial charge in [-0.1, -0.05) is 37.6 Å². The van der Waals surface area contributed by atoms with E-state index in [2.05, 4.69) is 5.32 Å². The molecule has 1 aromatic carbocycles. The maximum atomic E-state index is 12.2. The topological polar surface area (TPSA) is 49.3 Å². The molecule has 0 saturated carbocycles. The Labute approximate surface area is 120 Å². The minimum absolute atomic E-state index is 0.0158. The molecule has 2 atom stereocenters. The van der Waals surface area contributed by atoms with Crippen molar-refractivity contribution in [2.75, 3.05) is 6.54 Å². The predicted octanol–water partition coefficient (Wildman–Crippen LogP) is 2.97. The van der Waals surface area contributed by atoms with E-state index < -0.39 is 6.10 Å². The van der Waals surface area contributed by atoms with E-state index in [1.807, 2.05) is 32.0 Å². The second-order valence-electron chi connectivity index (χ2n) is 5.21. The quantitative estimate of drug-likeness (QED) is 0.843. The smallest absolute Gasteiger partial charge is 0.227 e. The van der Waals surface area contributed by atoms with Gasteiger partial charge in [0, 0.05) is 11.6 Å². The van der Waals surface area contributed by atoms with Crippen LogP contribution in [0.4, 0.5) is 0 Å². The van der Waals surface area contributed by atoms with Gasteiger partial charge in [-0.15, -0.1) is 0 Å². The van der Waals surface area contributed by atoms with Crippen molar-refractivity contribution in [3.05, 3.63) is 34.9 Å². The van der Waals surface area contributed by atoms with Gasteiger partial charge in [0.2, 0.25) is 5.91 Å². The van der Waals surface area contributed by atoms with E-state index in [0.717, 1.165) is 5.56 Å². The van der Waals surface area contributed by atoms with Crippen LogP contribution in [-0.2, 0) is 4.79 Å². The Morgan fingerprint density at radius 1 is 1.37 bits per heavy atom. The number of aliphatic hydroxyl groups is 1. The summed E-state index contributed by atoms with van der Waals surface area (Å²) in [6.45, 7) is 6.23. The summed E-state index contributed by atoms with van der Waals surface area (Å²) in [7, 11) is 0. The van der Waals surface area contributed by atoms with Crippen molar-refractivity contribution in [2.24, 2.45) is 5.92 Å². The molecule has 0 aliphatic rings. The third-order valence-corrected chi connectivity index (χ3v) is 3.25. The molecule has 0 saturated heterocycles. The molecule has 0 heterocycles. The molecule has 0 aliphatic carbocycles. The van der Waals surface area contributed by atoms with Gasteiger partial charge in [0.1, 0.15) is 0 Å². The van der Waals surface area contributed by atoms with Crippen LogP contribution >= 0.6 is 11.6 Å². The molecule has 0 radical (unpaired) electrons. The first-order valence-corrected chi connectivity index (χ1v) is 7.01. The van der Waals surface area contributed by atoms with Gasteiger partial charge < -0.3 is 10.4 Å². The average Bonchev–Trinajstić information content (AvgIpc) is 2.28. The van der Waals surface area contributed by atoms with Crippen molar-refractivity contribution in [1.82, 2.24) is 5.32 Å². The Morgan fingerprint density at radius 2 is 2.05 bits per heavy atom. The molecule has 106 valence electrons. The summed E-state index contributed by atoms with van der Waals surface area (Å²) in [4.78, 5) is 12.2. The number of rotatable bonds is 6. The summed E-state index contributed by atoms with van der Waals surface area (Å²) >= 11 is 5.98. The minimum atomic E-state index is -0.399. The van der Waals surface area contributed by atoms with E-state index in [-0.39, 0.29) is 17.7 Å². The number of carbonyl (C=O) groups is 1. The van der Waals surface area contributed by atoms with Crippen LogP contribution in [0.5, 0.6) is 0 Å². The van der Waals surface area contributed by atoms with E-state index in [9.17, 15) is 9.90 Å². The van der Waals surface area contributed by atoms with Crippen LogP contribution in [0.1, 0.15) is 38.7 Å². The maximum absolute atomic E-state index is 12.2. The molecule has 2 N–H and O–H groups in total. The number of amides is 1. The highest BCUT2D eigenvalue weighted by molar-refractivity contribution is 6.30. The lowest BCUT2D eigenvalue weighted by Crippen LogP contribution is -2.33. The largest absolute Gasteiger partial charge is 0.393 e. The van der Waals surface area contributed by atoms with Gasteiger partial charge >= 0.3 is 0 Å². The first kappa shape index (κ1) is 16.0. The standard InChI is InChI=1S/C15H22ClNO2/c1-10(2)14(12-5-4-6-13(16)9-12)15(19)17-8-7-11(3)18/h4-6,9-11,14,18H,7-8H2,1-3H3,(H,17,19). The molecule has 1 amide bonds. The number of aliphatic hydroxyl groups excluding tert-OH is 1. The van der Waals surface area contributed by atoms with E-state index >= 15 is 0 Å². The van der Waals surface area contributed by atoms with Crippen LogP contribution in [0.25, 0.3) is 0 Å². The highest BCUT2D eigenvalue weighted by atomic mass is 35.5. The maximum Gasteiger partial charge on any atom is 0.227 e. The Kier molecular flexibility index (Phi) is 6.32. The molecule has 4 heteroatoms. The van der Waals surface area contributed by atoms with Gasteiger partial charge in [-0.3, -0.25) is 4.79 Å². The fourth-order valence-electron chi connectivity index (χ4n) is 2.05. The Morgan fingerprint density at radius 3 is 2.58 bits per heavy atom. The number of benzene rings is 1. The van der Waals surface area contributed by atoms with Crippen LogP contribution in [-0.4, -0.2) is 23.7 Å². The molecule has 1 aromatic rings. The van der Waals surface area contributed by atoms with Crippen LogP contribution < -0.4 is 5.32 Å². The van der Waals surface area contributed by atoms with Crippen molar-refractivity contribution in [1.29, 1.82) is 0 Å². The molecule has 19 heavy (non-hydrogen) atoms. The number of hydrogen-bond acceptors (Lipinski definition) is 2. The van der Waals surface area contributed by atoms with Crippen molar-refractivity contribution >= 4 is 17.5 Å². The lowest BCUT2D eigenvalue weighted by Gasteiger charge is -2.21. The third kappa shape index (κ3) is 5.21. The molecule has 0 fully saturated rings. The zero-order chi connectivity index (χ0) is 14.4. The van der Waals surface area contributed by atoms with Gasteiger partial charge in [0.15, 0.2) is 0 Å². The summed E-state index contributed by atoms with van der Waals surface area (Å²) in [5, 5.41) is 12.7. The highest BCUT2D eigenvalue weighted by Gasteiger charge is 2.24. The van der Waals surface area contributed by atoms with Gasteiger partial charge in [-0.2, -0.15) is 0 Å². The average molecular weight is 284 g/mol. The van der Waals surface area contributed by atoms with E-state index in [1.165, 1.54) is 0 Å². The van der Waals surface area contributed by atoms with Crippen LogP contribution in [0.15, 0.2) is 24.3 Å². The third-order valence-electron chi connectivity index (χ3n) is 3.02. The van der Waals surface area contributed by atoms with E-state index in [0.29, 0.717) is 18.0 Å². The van der Waals surface area contributed by atoms with Crippen molar-refractivity contribution in [2.45, 2.75) is 39.2 Å². The minimum Gasteiger partial charge on any atom is -0.393 e. The second kappa shape index (κ2) is 7.51. The molecule has 0 spiro atoms. The van der Waals surface area contributed by atoms with Crippen molar-refractivity contribution < 1.29 is 9.90 Å². The zero-order valence-electron chi connectivity index (χ0n) is 11.7. The highest BCUT2D eigenvalue weighted by Crippen LogP contribution is 2.26. The molecule has 2 unspecified atom stereocenters. The van der Waals surface area contributed by atoms with Gasteiger partial charge in [-0.25, -0.2) is 0 Å². The molecule has 1 rings (SSSR count). The molecular weight excluding hydrogens is 262 g/mol. The lowest BCUT2D eigenvalue weighted by atomic mass is 9.87. The second-order valence-corrected chi connectivity index (χ2v) is 5.64. The Bertz CT molecular complexity index is 418. The fraction of sp³-hybridized carbons (Fsp3) is 0.533. The van der Waals surface area contributed by atoms with Crippen LogP contribution in [0.3, 0.4) is 0 Å². The predicted molar refractivity (Wildman–Crippen MR) is 78.3 cm³/mol. The monoisotopic (exact) mass is 283 g/mol. The normalized spacial score (nSPS) is 14.2. The zero-order valence-corrected chi connectivity index (χ0v) is 12.4. The van der Waals surface area contributed by atoms with Gasteiger partial charge in [0.25, 0.3) is 0 Å². The van der Waals surface area contributed by atoms with Crippen molar-refractivity contribution in [3.8, 4) is 0 Å². The van der Waals surface area contributed by atoms with Crippen LogP contribution in [0.2, 0.25) is 5.02 Å². The number of nitrogens with one attached hydrogen (secondary N) is 1. The first-order chi connectivity index (χ1) is 8.91. The molecular formula is C15H22ClNO2. The van der Waals surface area contributed by atoms with E-state index in [1.54, 1.807) is 13.0 Å². The van der Waals surface area contributed by atoms with E-state index in [4.69, 9.17) is 11.6 Å². The first-order valence-electron chi connectivity index (χ1n) is 6.63. The molecule has 0 bridgehead atoms. The number of hydrogen-bond donors (Lipinski definition) is 2. The fourth-order valence-corrected chi connectivity index (χ4v) is 2.25. The lowest BCUT2D eigenvalue weighted by molar-refractivity contribution is -0.123. The summed E-state index contributed by atoms with van der Waals surface area (Å²) < 4.78 is 0. The Balaban J connectivity index is 2.75. The Hall–Kier alpha value is -1.06.